The Morgan fingerprint density at radius 1 is 0.647 bits per heavy atom. The van der Waals surface area contributed by atoms with Crippen LogP contribution >= 0.6 is 0 Å². The lowest BCUT2D eigenvalue weighted by Gasteiger charge is -2.19. The van der Waals surface area contributed by atoms with E-state index in [1.165, 1.54) is 42.7 Å². The number of ether oxygens (including phenoxy) is 6. The lowest BCUT2D eigenvalue weighted by Crippen LogP contribution is -2.01. The molecule has 2 N–H and O–H groups in total. The van der Waals surface area contributed by atoms with Crippen LogP contribution in [0.2, 0.25) is 0 Å². The van der Waals surface area contributed by atoms with Gasteiger partial charge in [-0.25, -0.2) is 9.59 Å². The van der Waals surface area contributed by atoms with Crippen LogP contribution in [0.4, 0.5) is 0 Å². The van der Waals surface area contributed by atoms with Crippen molar-refractivity contribution >= 4 is 33.7 Å². The highest BCUT2D eigenvalue weighted by molar-refractivity contribution is 6.12. The number of benzene rings is 2. The van der Waals surface area contributed by atoms with Crippen molar-refractivity contribution < 1.29 is 38.0 Å². The first-order valence-electron chi connectivity index (χ1n) is 10.1. The van der Waals surface area contributed by atoms with Gasteiger partial charge in [0.25, 0.3) is 0 Å². The number of esters is 2. The third kappa shape index (κ3) is 3.43. The van der Waals surface area contributed by atoms with E-state index in [0.29, 0.717) is 55.9 Å². The van der Waals surface area contributed by atoms with Crippen LogP contribution in [-0.4, -0.2) is 64.6 Å². The van der Waals surface area contributed by atoms with E-state index < -0.39 is 11.9 Å². The molecule has 2 aromatic heterocycles. The number of methoxy groups -OCH3 is 6. The number of aromatic amines is 2. The van der Waals surface area contributed by atoms with Gasteiger partial charge in [0.15, 0.2) is 23.0 Å². The summed E-state index contributed by atoms with van der Waals surface area (Å²) in [6.07, 6.45) is 0. The largest absolute Gasteiger partial charge is 0.493 e. The van der Waals surface area contributed by atoms with Gasteiger partial charge < -0.3 is 38.4 Å². The lowest BCUT2D eigenvalue weighted by molar-refractivity contribution is 0.0586. The number of carbonyl (C=O) groups excluding carboxylic acids is 2. The van der Waals surface area contributed by atoms with E-state index in [0.717, 1.165) is 0 Å². The number of nitrogens with one attached hydrogen (secondary N) is 2. The monoisotopic (exact) mass is 468 g/mol. The molecule has 0 fully saturated rings. The van der Waals surface area contributed by atoms with Crippen LogP contribution in [0.3, 0.4) is 0 Å². The fraction of sp³-hybridized carbons (Fsp3) is 0.250. The van der Waals surface area contributed by atoms with Gasteiger partial charge in [-0.2, -0.15) is 0 Å². The molecule has 4 rings (SSSR count). The molecule has 0 amide bonds. The van der Waals surface area contributed by atoms with E-state index in [1.54, 1.807) is 24.3 Å². The summed E-state index contributed by atoms with van der Waals surface area (Å²) in [4.78, 5) is 30.7. The molecule has 0 bridgehead atoms. The van der Waals surface area contributed by atoms with Gasteiger partial charge >= 0.3 is 11.9 Å². The number of H-pyrrole nitrogens is 2. The quantitative estimate of drug-likeness (QED) is 0.392. The Bertz CT molecular complexity index is 1310. The second-order valence-electron chi connectivity index (χ2n) is 7.25. The second-order valence-corrected chi connectivity index (χ2v) is 7.25. The Kier molecular flexibility index (Phi) is 5.97. The lowest BCUT2D eigenvalue weighted by atomic mass is 9.96. The molecule has 10 nitrogen and oxygen atoms in total. The molecular formula is C24H24N2O8. The van der Waals surface area contributed by atoms with Crippen LogP contribution in [0.25, 0.3) is 32.9 Å². The van der Waals surface area contributed by atoms with Crippen LogP contribution in [0.15, 0.2) is 24.3 Å². The molecule has 0 radical (unpaired) electrons. The normalized spacial score (nSPS) is 10.9. The topological polar surface area (TPSA) is 121 Å². The minimum Gasteiger partial charge on any atom is -0.493 e. The molecule has 34 heavy (non-hydrogen) atoms. The summed E-state index contributed by atoms with van der Waals surface area (Å²) >= 11 is 0. The molecular weight excluding hydrogens is 444 g/mol. The molecule has 0 aliphatic carbocycles. The number of carbonyl (C=O) groups is 2. The summed E-state index contributed by atoms with van der Waals surface area (Å²) in [6, 6.07) is 6.80. The maximum atomic E-state index is 12.3. The van der Waals surface area contributed by atoms with Crippen molar-refractivity contribution in [2.24, 2.45) is 0 Å². The molecule has 0 saturated carbocycles. The Morgan fingerprint density at radius 2 is 1.21 bits per heavy atom. The first kappa shape index (κ1) is 22.8. The average Bonchev–Trinajstić information content (AvgIpc) is 3.49. The molecule has 4 aromatic rings. The van der Waals surface area contributed by atoms with Gasteiger partial charge in [0.05, 0.1) is 59.3 Å². The van der Waals surface area contributed by atoms with Gasteiger partial charge in [-0.05, 0) is 18.2 Å². The summed E-state index contributed by atoms with van der Waals surface area (Å²) in [5.41, 5.74) is 2.77. The van der Waals surface area contributed by atoms with Gasteiger partial charge in [0.2, 0.25) is 0 Å². The molecule has 0 aliphatic heterocycles. The zero-order valence-corrected chi connectivity index (χ0v) is 19.6. The van der Waals surface area contributed by atoms with Crippen LogP contribution in [0.1, 0.15) is 21.0 Å². The number of aromatic nitrogens is 2. The zero-order chi connectivity index (χ0) is 24.6. The van der Waals surface area contributed by atoms with Crippen molar-refractivity contribution in [2.75, 3.05) is 42.7 Å². The minimum absolute atomic E-state index is 0.244. The molecule has 2 heterocycles. The predicted molar refractivity (Wildman–Crippen MR) is 124 cm³/mol. The van der Waals surface area contributed by atoms with Crippen molar-refractivity contribution in [3.8, 4) is 34.1 Å². The van der Waals surface area contributed by atoms with E-state index in [9.17, 15) is 9.59 Å². The van der Waals surface area contributed by atoms with Gasteiger partial charge in [-0.1, -0.05) is 0 Å². The van der Waals surface area contributed by atoms with Crippen LogP contribution < -0.4 is 18.9 Å². The molecule has 0 atom stereocenters. The van der Waals surface area contributed by atoms with Crippen molar-refractivity contribution in [3.63, 3.8) is 0 Å². The molecule has 178 valence electrons. The van der Waals surface area contributed by atoms with E-state index in [1.807, 2.05) is 0 Å². The minimum atomic E-state index is -0.532. The van der Waals surface area contributed by atoms with E-state index in [2.05, 4.69) is 9.97 Å². The highest BCUT2D eigenvalue weighted by atomic mass is 16.5. The van der Waals surface area contributed by atoms with Crippen molar-refractivity contribution in [1.82, 2.24) is 9.97 Å². The Balaban J connectivity index is 2.22. The Labute approximate surface area is 194 Å². The predicted octanol–water partition coefficient (Wildman–Crippen LogP) is 3.92. The van der Waals surface area contributed by atoms with Crippen molar-refractivity contribution in [1.29, 1.82) is 0 Å². The van der Waals surface area contributed by atoms with Crippen molar-refractivity contribution in [3.05, 3.63) is 35.7 Å². The molecule has 0 saturated heterocycles. The SMILES string of the molecule is COC(=O)c1cc2c(-c3c(OC)c(OC)cc4cc(C(=O)OC)[nH]c34)c(OC)c(OC)cc2[nH]1. The molecule has 10 heteroatoms. The van der Waals surface area contributed by atoms with E-state index >= 15 is 0 Å². The maximum absolute atomic E-state index is 12.3. The Morgan fingerprint density at radius 3 is 1.76 bits per heavy atom. The maximum Gasteiger partial charge on any atom is 0.354 e. The van der Waals surface area contributed by atoms with E-state index in [4.69, 9.17) is 28.4 Å². The number of hydrogen-bond donors (Lipinski definition) is 2. The van der Waals surface area contributed by atoms with Crippen LogP contribution in [0.5, 0.6) is 23.0 Å². The van der Waals surface area contributed by atoms with Gasteiger partial charge in [-0.3, -0.25) is 0 Å². The molecule has 0 unspecified atom stereocenters. The van der Waals surface area contributed by atoms with Gasteiger partial charge in [-0.15, -0.1) is 0 Å². The second kappa shape index (κ2) is 8.89. The number of fused-ring (bicyclic) bond motifs is 2. The van der Waals surface area contributed by atoms with E-state index in [-0.39, 0.29) is 11.4 Å². The molecule has 0 spiro atoms. The highest BCUT2D eigenvalue weighted by Crippen LogP contribution is 2.52. The standard InChI is InChI=1S/C24H24N2O8/c1-29-16-8-11-7-14(23(27)33-5)26-20(11)19(22(16)32-4)18-12-9-15(24(28)34-6)25-13(12)10-17(30-2)21(18)31-3/h7-10,25-26H,1-6H3. The van der Waals surface area contributed by atoms with Gasteiger partial charge in [0.1, 0.15) is 11.4 Å². The summed E-state index contributed by atoms with van der Waals surface area (Å²) in [5, 5.41) is 1.31. The first-order valence-corrected chi connectivity index (χ1v) is 10.1. The number of hydrogen-bond acceptors (Lipinski definition) is 8. The van der Waals surface area contributed by atoms with Crippen LogP contribution in [-0.2, 0) is 9.47 Å². The summed E-state index contributed by atoms with van der Waals surface area (Å²) in [6.45, 7) is 0. The number of rotatable bonds is 7. The average molecular weight is 468 g/mol. The Hall–Kier alpha value is -4.34. The highest BCUT2D eigenvalue weighted by Gasteiger charge is 2.28. The third-order valence-corrected chi connectivity index (χ3v) is 5.59. The smallest absolute Gasteiger partial charge is 0.354 e. The fourth-order valence-electron chi connectivity index (χ4n) is 4.10. The van der Waals surface area contributed by atoms with Crippen molar-refractivity contribution in [2.45, 2.75) is 0 Å². The first-order chi connectivity index (χ1) is 16.4. The summed E-state index contributed by atoms with van der Waals surface area (Å²) in [7, 11) is 8.67. The molecule has 0 aliphatic rings. The third-order valence-electron chi connectivity index (χ3n) is 5.59. The zero-order valence-electron chi connectivity index (χ0n) is 19.6. The molecule has 2 aromatic carbocycles. The van der Waals surface area contributed by atoms with Gasteiger partial charge in [0, 0.05) is 22.4 Å². The van der Waals surface area contributed by atoms with Crippen LogP contribution in [0, 0.1) is 0 Å². The summed E-state index contributed by atoms with van der Waals surface area (Å²) in [5.74, 6) is 0.575. The fourth-order valence-corrected chi connectivity index (χ4v) is 4.10. The summed E-state index contributed by atoms with van der Waals surface area (Å²) < 4.78 is 32.5.